The van der Waals surface area contributed by atoms with E-state index in [1.165, 1.54) is 21.9 Å². The molecule has 1 aliphatic heterocycles. The van der Waals surface area contributed by atoms with Crippen molar-refractivity contribution in [2.45, 2.75) is 19.3 Å². The van der Waals surface area contributed by atoms with Gasteiger partial charge in [-0.1, -0.05) is 74.5 Å². The van der Waals surface area contributed by atoms with Gasteiger partial charge in [0, 0.05) is 38.6 Å². The maximum atomic E-state index is 12.9. The highest BCUT2D eigenvalue weighted by atomic mass is 16.2. The van der Waals surface area contributed by atoms with Crippen LogP contribution in [0.25, 0.3) is 33.7 Å². The highest BCUT2D eigenvalue weighted by Crippen LogP contribution is 2.47. The van der Waals surface area contributed by atoms with Crippen LogP contribution in [0, 0.1) is 0 Å². The van der Waals surface area contributed by atoms with Crippen LogP contribution in [0.3, 0.4) is 0 Å². The predicted octanol–water partition coefficient (Wildman–Crippen LogP) is 6.21. The second-order valence-electron chi connectivity index (χ2n) is 9.43. The van der Waals surface area contributed by atoms with Gasteiger partial charge >= 0.3 is 0 Å². The number of hydrogen-bond acceptors (Lipinski definition) is 2. The first-order valence-electron chi connectivity index (χ1n) is 11.1. The van der Waals surface area contributed by atoms with Crippen molar-refractivity contribution in [3.63, 3.8) is 0 Å². The molecule has 3 heterocycles. The Balaban J connectivity index is 1.49. The monoisotopic (exact) mass is 428 g/mol. The lowest BCUT2D eigenvalue weighted by Gasteiger charge is -2.32. The van der Waals surface area contributed by atoms with E-state index in [2.05, 4.69) is 71.9 Å². The topological polar surface area (TPSA) is 54.9 Å². The molecule has 158 valence electrons. The molecule has 33 heavy (non-hydrogen) atoms. The van der Waals surface area contributed by atoms with E-state index < -0.39 is 0 Å². The minimum absolute atomic E-state index is 0.209. The molecule has 0 unspecified atom stereocenters. The van der Waals surface area contributed by atoms with Crippen LogP contribution in [-0.2, 0) is 5.41 Å². The van der Waals surface area contributed by atoms with Gasteiger partial charge < -0.3 is 4.98 Å². The minimum atomic E-state index is -0.237. The number of fused-ring (bicyclic) bond motifs is 6. The van der Waals surface area contributed by atoms with Gasteiger partial charge in [-0.2, -0.15) is 0 Å². The van der Waals surface area contributed by atoms with Crippen molar-refractivity contribution in [2.75, 3.05) is 0 Å². The van der Waals surface area contributed by atoms with Crippen LogP contribution in [0.1, 0.15) is 51.4 Å². The van der Waals surface area contributed by atoms with Crippen molar-refractivity contribution in [2.24, 2.45) is 0 Å². The first kappa shape index (κ1) is 18.4. The van der Waals surface area contributed by atoms with Crippen LogP contribution in [-0.4, -0.2) is 21.1 Å². The number of rotatable bonds is 1. The van der Waals surface area contributed by atoms with Crippen LogP contribution < -0.4 is 0 Å². The molecule has 0 saturated heterocycles. The zero-order valence-corrected chi connectivity index (χ0v) is 18.3. The fourth-order valence-corrected chi connectivity index (χ4v) is 5.65. The average Bonchev–Trinajstić information content (AvgIpc) is 3.47. The Hall–Kier alpha value is -4.18. The quantitative estimate of drug-likeness (QED) is 0.255. The molecule has 7 rings (SSSR count). The van der Waals surface area contributed by atoms with E-state index in [-0.39, 0.29) is 22.6 Å². The molecule has 3 aromatic carbocycles. The highest BCUT2D eigenvalue weighted by Gasteiger charge is 2.37. The predicted molar refractivity (Wildman–Crippen MR) is 130 cm³/mol. The van der Waals surface area contributed by atoms with E-state index in [0.29, 0.717) is 11.1 Å². The summed E-state index contributed by atoms with van der Waals surface area (Å²) in [5.74, 6) is 0.575. The Kier molecular flexibility index (Phi) is 3.34. The van der Waals surface area contributed by atoms with E-state index in [4.69, 9.17) is 0 Å². The molecule has 0 spiro atoms. The summed E-state index contributed by atoms with van der Waals surface area (Å²) in [6.45, 7) is 4.46. The Morgan fingerprint density at radius 2 is 1.45 bits per heavy atom. The van der Waals surface area contributed by atoms with E-state index in [1.807, 2.05) is 0 Å². The summed E-state index contributed by atoms with van der Waals surface area (Å²) in [6.07, 6.45) is 1.71. The second-order valence-corrected chi connectivity index (χ2v) is 9.43. The first-order chi connectivity index (χ1) is 16.0. The first-order valence-corrected chi connectivity index (χ1v) is 11.1. The number of hydrogen-bond donors (Lipinski definition) is 1. The van der Waals surface area contributed by atoms with Crippen molar-refractivity contribution in [3.05, 3.63) is 106 Å². The number of para-hydroxylation sites is 2. The molecule has 0 fully saturated rings. The van der Waals surface area contributed by atoms with Crippen molar-refractivity contribution >= 4 is 39.4 Å². The van der Waals surface area contributed by atoms with Crippen LogP contribution in [0.15, 0.2) is 78.4 Å². The Morgan fingerprint density at radius 3 is 2.21 bits per heavy atom. The van der Waals surface area contributed by atoms with Crippen LogP contribution in [0.2, 0.25) is 0 Å². The van der Waals surface area contributed by atoms with E-state index in [9.17, 15) is 9.59 Å². The summed E-state index contributed by atoms with van der Waals surface area (Å²) in [6, 6.07) is 24.1. The van der Waals surface area contributed by atoms with E-state index in [0.717, 1.165) is 22.6 Å². The maximum absolute atomic E-state index is 12.9. The van der Waals surface area contributed by atoms with Crippen molar-refractivity contribution < 1.29 is 9.59 Å². The average molecular weight is 428 g/mol. The van der Waals surface area contributed by atoms with Crippen molar-refractivity contribution in [1.29, 1.82) is 0 Å². The summed E-state index contributed by atoms with van der Waals surface area (Å²) >= 11 is 0. The lowest BCUT2D eigenvalue weighted by Crippen LogP contribution is -2.25. The van der Waals surface area contributed by atoms with Gasteiger partial charge in [-0.3, -0.25) is 14.2 Å². The number of aromatic nitrogens is 2. The summed E-state index contributed by atoms with van der Waals surface area (Å²) in [7, 11) is 0. The zero-order valence-electron chi connectivity index (χ0n) is 18.3. The van der Waals surface area contributed by atoms with Crippen LogP contribution in [0.4, 0.5) is 0 Å². The molecule has 0 saturated carbocycles. The Morgan fingerprint density at radius 1 is 0.788 bits per heavy atom. The standard InChI is InChI=1S/C29H20N2O2/c1-29(2)22-12-7-11-18-17-8-5-6-13-24(17)31(25(18)22)28-23(29)15-16(30-28)14-21-26(32)19-9-3-4-10-20(19)27(21)33/h3-15,30H,1-2H3. The Bertz CT molecular complexity index is 1690. The molecular formula is C29H20N2O2. The molecule has 0 bridgehead atoms. The molecule has 4 heteroatoms. The van der Waals surface area contributed by atoms with E-state index >= 15 is 0 Å². The van der Waals surface area contributed by atoms with Gasteiger partial charge in [-0.05, 0) is 23.8 Å². The van der Waals surface area contributed by atoms with Gasteiger partial charge in [-0.15, -0.1) is 0 Å². The smallest absolute Gasteiger partial charge is 0.197 e. The SMILES string of the molecule is CC1(C)c2cc(C=C3C(=O)c4ccccc4C3=O)[nH]c2-n2c3ccccc3c3cccc1c32. The number of H-pyrrole nitrogens is 1. The third-order valence-electron chi connectivity index (χ3n) is 7.29. The number of carbonyl (C=O) groups excluding carboxylic acids is 2. The highest BCUT2D eigenvalue weighted by molar-refractivity contribution is 6.41. The number of benzene rings is 3. The minimum Gasteiger partial charge on any atom is -0.341 e. The van der Waals surface area contributed by atoms with Crippen molar-refractivity contribution in [1.82, 2.24) is 9.55 Å². The molecule has 1 aliphatic carbocycles. The fraction of sp³-hybridized carbons (Fsp3) is 0.103. The summed E-state index contributed by atoms with van der Waals surface area (Å²) in [4.78, 5) is 29.4. The van der Waals surface area contributed by atoms with Gasteiger partial charge in [0.15, 0.2) is 11.6 Å². The van der Waals surface area contributed by atoms with Gasteiger partial charge in [-0.25, -0.2) is 0 Å². The molecule has 0 amide bonds. The third-order valence-corrected chi connectivity index (χ3v) is 7.29. The third kappa shape index (κ3) is 2.20. The number of carbonyl (C=O) groups is 2. The number of ketones is 2. The molecular weight excluding hydrogens is 408 g/mol. The molecule has 5 aromatic rings. The lowest BCUT2D eigenvalue weighted by atomic mass is 9.76. The number of aromatic amines is 1. The molecule has 2 aliphatic rings. The lowest BCUT2D eigenvalue weighted by molar-refractivity contribution is 0.0990. The molecule has 4 nitrogen and oxygen atoms in total. The molecule has 0 radical (unpaired) electrons. The number of nitrogens with zero attached hydrogens (tertiary/aromatic N) is 1. The molecule has 1 N–H and O–H groups in total. The van der Waals surface area contributed by atoms with Gasteiger partial charge in [0.1, 0.15) is 5.82 Å². The number of Topliss-reactive ketones (excluding diaryl/α,β-unsaturated/α-hetero) is 2. The van der Waals surface area contributed by atoms with E-state index in [1.54, 1.807) is 30.3 Å². The summed E-state index contributed by atoms with van der Waals surface area (Å²) in [5.41, 5.74) is 6.46. The molecule has 0 atom stereocenters. The maximum Gasteiger partial charge on any atom is 0.197 e. The zero-order chi connectivity index (χ0) is 22.5. The van der Waals surface area contributed by atoms with Gasteiger partial charge in [0.2, 0.25) is 0 Å². The largest absolute Gasteiger partial charge is 0.341 e. The Labute approximate surface area is 190 Å². The second kappa shape index (κ2) is 5.99. The van der Waals surface area contributed by atoms with Crippen molar-refractivity contribution in [3.8, 4) is 5.82 Å². The van der Waals surface area contributed by atoms with Gasteiger partial charge in [0.25, 0.3) is 0 Å². The summed E-state index contributed by atoms with van der Waals surface area (Å²) < 4.78 is 2.29. The van der Waals surface area contributed by atoms with Crippen LogP contribution >= 0.6 is 0 Å². The summed E-state index contributed by atoms with van der Waals surface area (Å²) in [5, 5.41) is 2.44. The normalized spacial score (nSPS) is 15.9. The van der Waals surface area contributed by atoms with Crippen LogP contribution in [0.5, 0.6) is 0 Å². The molecule has 2 aromatic heterocycles. The number of allylic oxidation sites excluding steroid dienone is 1. The fourth-order valence-electron chi connectivity index (χ4n) is 5.65. The van der Waals surface area contributed by atoms with Gasteiger partial charge in [0.05, 0.1) is 16.6 Å². The number of nitrogens with one attached hydrogen (secondary N) is 1.